The van der Waals surface area contributed by atoms with Crippen LogP contribution in [0.3, 0.4) is 0 Å². The zero-order valence-electron chi connectivity index (χ0n) is 31.3. The molecular formula is C38H60NO10PSi. The Balaban J connectivity index is 2.03. The van der Waals surface area contributed by atoms with Gasteiger partial charge in [0.25, 0.3) is 0 Å². The van der Waals surface area contributed by atoms with Crippen LogP contribution in [0.1, 0.15) is 72.6 Å². The molecule has 3 aliphatic rings. The predicted molar refractivity (Wildman–Crippen MR) is 201 cm³/mol. The Morgan fingerprint density at radius 2 is 1.94 bits per heavy atom. The van der Waals surface area contributed by atoms with Crippen LogP contribution in [0.15, 0.2) is 73.9 Å². The summed E-state index contributed by atoms with van der Waals surface area (Å²) in [5.41, 5.74) is -1.40. The fourth-order valence-corrected chi connectivity index (χ4v) is 9.04. The maximum Gasteiger partial charge on any atom is 0.476 e. The summed E-state index contributed by atoms with van der Waals surface area (Å²) in [6.45, 7) is 20.1. The summed E-state index contributed by atoms with van der Waals surface area (Å²) in [6, 6.07) is 0. The van der Waals surface area contributed by atoms with Gasteiger partial charge in [-0.3, -0.25) is 13.6 Å². The van der Waals surface area contributed by atoms with E-state index in [2.05, 4.69) is 58.4 Å². The number of amides is 1. The number of hydrogen-bond donors (Lipinski definition) is 2. The van der Waals surface area contributed by atoms with E-state index >= 15 is 0 Å². The van der Waals surface area contributed by atoms with Crippen molar-refractivity contribution >= 4 is 28.2 Å². The number of carbonyl (C=O) groups excluding carboxylic acids is 2. The minimum absolute atomic E-state index is 0.0389. The molecule has 1 amide bonds. The standard InChI is InChI=1S/C38H60NO10PSi/c1-9-25-44-36(42)39-24-23-38(22-21-33-30(11-3)19-20-35(41)46-33)34(47-50(43,49-38)45-26-10-2)28-32(48-51(7,8)37(4,5)6)18-13-12-15-29-16-14-17-31(40)27-29/h9-10,12-13,15,18-22,29-34,40H,1-2,11,14,16-17,23-28H2,3-8H3,(H,39,42)/b15-12-,18-13-,22-21+/t29-,30+,31+,32+,33+,34-,38+,50?/m1/s1. The van der Waals surface area contributed by atoms with Gasteiger partial charge >= 0.3 is 19.9 Å². The van der Waals surface area contributed by atoms with Gasteiger partial charge in [0.15, 0.2) is 8.32 Å². The smallest absolute Gasteiger partial charge is 0.454 e. The van der Waals surface area contributed by atoms with E-state index in [1.165, 1.54) is 18.2 Å². The number of alkyl carbamates (subject to hydrolysis) is 1. The highest BCUT2D eigenvalue weighted by atomic mass is 31.2. The van der Waals surface area contributed by atoms with E-state index in [1.807, 2.05) is 31.2 Å². The highest BCUT2D eigenvalue weighted by Gasteiger charge is 2.56. The van der Waals surface area contributed by atoms with Crippen molar-refractivity contribution in [3.8, 4) is 0 Å². The molecule has 1 saturated heterocycles. The van der Waals surface area contributed by atoms with Crippen LogP contribution >= 0.6 is 7.82 Å². The van der Waals surface area contributed by atoms with Crippen molar-refractivity contribution in [2.45, 2.75) is 121 Å². The molecule has 51 heavy (non-hydrogen) atoms. The van der Waals surface area contributed by atoms with E-state index in [4.69, 9.17) is 27.5 Å². The molecule has 1 saturated carbocycles. The largest absolute Gasteiger partial charge is 0.476 e. The normalized spacial score (nSPS) is 30.9. The zero-order chi connectivity index (χ0) is 37.7. The van der Waals surface area contributed by atoms with Crippen LogP contribution in [0.2, 0.25) is 18.1 Å². The molecule has 286 valence electrons. The lowest BCUT2D eigenvalue weighted by molar-refractivity contribution is -0.143. The van der Waals surface area contributed by atoms with Crippen LogP contribution in [-0.4, -0.2) is 75.3 Å². The summed E-state index contributed by atoms with van der Waals surface area (Å²) in [7, 11) is -6.50. The second-order valence-corrected chi connectivity index (χ2v) is 21.2. The molecule has 1 aliphatic carbocycles. The quantitative estimate of drug-likeness (QED) is 0.0463. The molecule has 3 rings (SSSR count). The fourth-order valence-electron chi connectivity index (χ4n) is 6.05. The summed E-state index contributed by atoms with van der Waals surface area (Å²) in [6.07, 6.45) is 19.5. The first-order chi connectivity index (χ1) is 24.0. The molecule has 0 aromatic rings. The molecule has 2 N–H and O–H groups in total. The summed E-state index contributed by atoms with van der Waals surface area (Å²) >= 11 is 0. The van der Waals surface area contributed by atoms with Crippen molar-refractivity contribution in [2.24, 2.45) is 11.8 Å². The molecular weight excluding hydrogens is 689 g/mol. The van der Waals surface area contributed by atoms with Gasteiger partial charge in [-0.05, 0) is 61.9 Å². The Labute approximate surface area is 305 Å². The van der Waals surface area contributed by atoms with Crippen LogP contribution < -0.4 is 5.32 Å². The van der Waals surface area contributed by atoms with Gasteiger partial charge in [-0.1, -0.05) is 83.2 Å². The van der Waals surface area contributed by atoms with E-state index in [9.17, 15) is 19.3 Å². The van der Waals surface area contributed by atoms with Crippen molar-refractivity contribution in [3.63, 3.8) is 0 Å². The van der Waals surface area contributed by atoms with Gasteiger partial charge in [-0.15, -0.1) is 6.58 Å². The first-order valence-electron chi connectivity index (χ1n) is 18.1. The van der Waals surface area contributed by atoms with Gasteiger partial charge in [0.05, 0.1) is 18.8 Å². The molecule has 0 bridgehead atoms. The maximum absolute atomic E-state index is 14.1. The second-order valence-electron chi connectivity index (χ2n) is 14.9. The lowest BCUT2D eigenvalue weighted by Crippen LogP contribution is -2.47. The average molecular weight is 750 g/mol. The minimum atomic E-state index is -4.15. The molecule has 0 aromatic heterocycles. The number of phosphoric acid groups is 1. The summed E-state index contributed by atoms with van der Waals surface area (Å²) in [5, 5.41) is 12.8. The van der Waals surface area contributed by atoms with Crippen LogP contribution in [0.4, 0.5) is 4.79 Å². The minimum Gasteiger partial charge on any atom is -0.454 e. The number of nitrogens with one attached hydrogen (secondary N) is 1. The highest BCUT2D eigenvalue weighted by Crippen LogP contribution is 2.63. The van der Waals surface area contributed by atoms with Crippen LogP contribution in [-0.2, 0) is 36.8 Å². The number of aliphatic hydroxyl groups excluding tert-OH is 1. The predicted octanol–water partition coefficient (Wildman–Crippen LogP) is 8.26. The highest BCUT2D eigenvalue weighted by molar-refractivity contribution is 7.48. The van der Waals surface area contributed by atoms with Crippen molar-refractivity contribution in [3.05, 3.63) is 73.9 Å². The third kappa shape index (κ3) is 13.1. The topological polar surface area (TPSA) is 139 Å². The molecule has 0 aromatic carbocycles. The molecule has 0 radical (unpaired) electrons. The molecule has 11 nitrogen and oxygen atoms in total. The van der Waals surface area contributed by atoms with Crippen molar-refractivity contribution in [2.75, 3.05) is 19.8 Å². The van der Waals surface area contributed by atoms with Crippen molar-refractivity contribution in [1.29, 1.82) is 0 Å². The number of phosphoric ester groups is 1. The molecule has 13 heteroatoms. The zero-order valence-corrected chi connectivity index (χ0v) is 33.2. The molecule has 2 heterocycles. The number of esters is 1. The SMILES string of the molecule is C=CCOC(=O)NCC[C@]1(/C=C/[C@@H]2OC(=O)C=C[C@@H]2CC)OP(=O)(OCC=C)O[C@@H]1C[C@H](/C=C\C=C/[C@@H]1CCC[C@H](O)C1)O[Si](C)(C)C(C)(C)C. The fraction of sp³-hybridized carbons (Fsp3) is 0.632. The van der Waals surface area contributed by atoms with E-state index in [-0.39, 0.29) is 49.7 Å². The van der Waals surface area contributed by atoms with Gasteiger partial charge in [0.2, 0.25) is 0 Å². The van der Waals surface area contributed by atoms with Gasteiger partial charge in [-0.25, -0.2) is 14.2 Å². The second kappa shape index (κ2) is 19.5. The lowest BCUT2D eigenvalue weighted by atomic mass is 9.86. The number of cyclic esters (lactones) is 1. The number of allylic oxidation sites excluding steroid dienone is 3. The van der Waals surface area contributed by atoms with Crippen LogP contribution in [0.5, 0.6) is 0 Å². The van der Waals surface area contributed by atoms with Gasteiger partial charge in [0.1, 0.15) is 24.4 Å². The summed E-state index contributed by atoms with van der Waals surface area (Å²) in [5.74, 6) is -0.238. The first kappa shape index (κ1) is 42.8. The maximum atomic E-state index is 14.1. The van der Waals surface area contributed by atoms with E-state index in [1.54, 1.807) is 12.2 Å². The number of carbonyl (C=O) groups is 2. The molecule has 0 spiro atoms. The average Bonchev–Trinajstić information content (AvgIpc) is 3.33. The third-order valence-corrected chi connectivity index (χ3v) is 16.0. The number of ether oxygens (including phenoxy) is 2. The Morgan fingerprint density at radius 3 is 2.61 bits per heavy atom. The molecule has 2 fully saturated rings. The van der Waals surface area contributed by atoms with Crippen LogP contribution in [0, 0.1) is 11.8 Å². The van der Waals surface area contributed by atoms with Crippen molar-refractivity contribution in [1.82, 2.24) is 5.32 Å². The van der Waals surface area contributed by atoms with E-state index in [0.29, 0.717) is 12.3 Å². The van der Waals surface area contributed by atoms with Crippen LogP contribution in [0.25, 0.3) is 0 Å². The van der Waals surface area contributed by atoms with Gasteiger partial charge in [0, 0.05) is 31.4 Å². The number of aliphatic hydroxyl groups is 1. The Morgan fingerprint density at radius 1 is 1.20 bits per heavy atom. The molecule has 8 atom stereocenters. The van der Waals surface area contributed by atoms with Crippen molar-refractivity contribution < 1.29 is 46.7 Å². The van der Waals surface area contributed by atoms with Gasteiger partial charge in [-0.2, -0.15) is 0 Å². The molecule has 2 aliphatic heterocycles. The summed E-state index contributed by atoms with van der Waals surface area (Å²) < 4.78 is 50.0. The van der Waals surface area contributed by atoms with E-state index in [0.717, 1.165) is 25.7 Å². The Bertz CT molecular complexity index is 1350. The van der Waals surface area contributed by atoms with Gasteiger partial charge < -0.3 is 24.3 Å². The van der Waals surface area contributed by atoms with E-state index < -0.39 is 52.1 Å². The Kier molecular flexibility index (Phi) is 16.4. The molecule has 1 unspecified atom stereocenters. The lowest BCUT2D eigenvalue weighted by Gasteiger charge is -2.40. The number of rotatable bonds is 18. The number of hydrogen-bond acceptors (Lipinski definition) is 10. The third-order valence-electron chi connectivity index (χ3n) is 9.95. The summed E-state index contributed by atoms with van der Waals surface area (Å²) in [4.78, 5) is 24.6. The first-order valence-corrected chi connectivity index (χ1v) is 22.5. The monoisotopic (exact) mass is 749 g/mol. The Hall–Kier alpha value is -2.57.